The molecule has 0 aliphatic carbocycles. The van der Waals surface area contributed by atoms with Gasteiger partial charge in [-0.25, -0.2) is 0 Å². The standard InChI is InChI=1S/C12H23NO3S/c1-3-5-13(6-4-7-17-2)11-9-16-8-10(11)12(14)15/h10-11H,3-9H2,1-2H3,(H,14,15). The van der Waals surface area contributed by atoms with Gasteiger partial charge in [0.2, 0.25) is 0 Å². The summed E-state index contributed by atoms with van der Waals surface area (Å²) >= 11 is 1.84. The largest absolute Gasteiger partial charge is 0.481 e. The molecule has 1 aliphatic heterocycles. The van der Waals surface area contributed by atoms with Crippen LogP contribution in [0.5, 0.6) is 0 Å². The highest BCUT2D eigenvalue weighted by Gasteiger charge is 2.37. The van der Waals surface area contributed by atoms with Gasteiger partial charge in [0.05, 0.1) is 19.1 Å². The number of nitrogens with zero attached hydrogens (tertiary/aromatic N) is 1. The second-order valence-corrected chi connectivity index (χ2v) is 5.42. The van der Waals surface area contributed by atoms with Gasteiger partial charge < -0.3 is 9.84 Å². The van der Waals surface area contributed by atoms with Crippen LogP contribution < -0.4 is 0 Å². The molecule has 1 aliphatic rings. The van der Waals surface area contributed by atoms with Gasteiger partial charge in [-0.2, -0.15) is 11.8 Å². The summed E-state index contributed by atoms with van der Waals surface area (Å²) in [6, 6.07) is 0.0642. The molecule has 0 spiro atoms. The van der Waals surface area contributed by atoms with Crippen LogP contribution in [-0.2, 0) is 9.53 Å². The lowest BCUT2D eigenvalue weighted by molar-refractivity contribution is -0.143. The summed E-state index contributed by atoms with van der Waals surface area (Å²) in [4.78, 5) is 13.4. The Balaban J connectivity index is 2.52. The van der Waals surface area contributed by atoms with Crippen LogP contribution in [0.4, 0.5) is 0 Å². The molecule has 1 N–H and O–H groups in total. The molecular formula is C12H23NO3S. The molecule has 1 fully saturated rings. The lowest BCUT2D eigenvalue weighted by Crippen LogP contribution is -2.44. The Morgan fingerprint density at radius 3 is 2.82 bits per heavy atom. The van der Waals surface area contributed by atoms with E-state index in [0.29, 0.717) is 13.2 Å². The van der Waals surface area contributed by atoms with E-state index in [1.807, 2.05) is 11.8 Å². The second-order valence-electron chi connectivity index (χ2n) is 4.43. The smallest absolute Gasteiger partial charge is 0.310 e. The maximum absolute atomic E-state index is 11.1. The molecule has 0 aromatic carbocycles. The first-order valence-corrected chi connectivity index (χ1v) is 7.63. The van der Waals surface area contributed by atoms with Crippen molar-refractivity contribution in [3.05, 3.63) is 0 Å². The molecule has 0 bridgehead atoms. The molecule has 100 valence electrons. The minimum atomic E-state index is -0.724. The summed E-state index contributed by atoms with van der Waals surface area (Å²) in [5.41, 5.74) is 0. The average molecular weight is 261 g/mol. The van der Waals surface area contributed by atoms with Crippen molar-refractivity contribution in [2.45, 2.75) is 25.8 Å². The van der Waals surface area contributed by atoms with Crippen molar-refractivity contribution in [1.82, 2.24) is 4.90 Å². The van der Waals surface area contributed by atoms with Gasteiger partial charge in [0.1, 0.15) is 0 Å². The highest BCUT2D eigenvalue weighted by atomic mass is 32.2. The zero-order valence-corrected chi connectivity index (χ0v) is 11.5. The summed E-state index contributed by atoms with van der Waals surface area (Å²) in [5.74, 6) is 0.0558. The molecule has 1 heterocycles. The summed E-state index contributed by atoms with van der Waals surface area (Å²) in [6.45, 7) is 5.00. The Kier molecular flexibility index (Phi) is 6.92. The maximum atomic E-state index is 11.1. The van der Waals surface area contributed by atoms with Crippen LogP contribution in [0.1, 0.15) is 19.8 Å². The number of carbonyl (C=O) groups is 1. The first-order valence-electron chi connectivity index (χ1n) is 6.24. The number of carboxylic acid groups (broad SMARTS) is 1. The predicted molar refractivity (Wildman–Crippen MR) is 70.6 cm³/mol. The van der Waals surface area contributed by atoms with E-state index in [0.717, 1.165) is 31.7 Å². The number of aliphatic carboxylic acids is 1. The molecule has 0 radical (unpaired) electrons. The Hall–Kier alpha value is -0.260. The molecule has 1 saturated heterocycles. The monoisotopic (exact) mass is 261 g/mol. The van der Waals surface area contributed by atoms with Gasteiger partial charge in [-0.1, -0.05) is 6.92 Å². The Bertz CT molecular complexity index is 238. The highest BCUT2D eigenvalue weighted by Crippen LogP contribution is 2.20. The third-order valence-corrected chi connectivity index (χ3v) is 3.84. The molecule has 2 atom stereocenters. The minimum Gasteiger partial charge on any atom is -0.481 e. The van der Waals surface area contributed by atoms with Gasteiger partial charge in [0, 0.05) is 6.04 Å². The maximum Gasteiger partial charge on any atom is 0.310 e. The topological polar surface area (TPSA) is 49.8 Å². The van der Waals surface area contributed by atoms with Crippen molar-refractivity contribution in [3.8, 4) is 0 Å². The van der Waals surface area contributed by atoms with Crippen LogP contribution >= 0.6 is 11.8 Å². The Morgan fingerprint density at radius 2 is 2.24 bits per heavy atom. The first kappa shape index (κ1) is 14.8. The second kappa shape index (κ2) is 7.95. The van der Waals surface area contributed by atoms with E-state index >= 15 is 0 Å². The van der Waals surface area contributed by atoms with E-state index in [4.69, 9.17) is 9.84 Å². The van der Waals surface area contributed by atoms with Crippen molar-refractivity contribution < 1.29 is 14.6 Å². The molecule has 17 heavy (non-hydrogen) atoms. The number of carboxylic acids is 1. The molecule has 0 amide bonds. The minimum absolute atomic E-state index is 0.0642. The van der Waals surface area contributed by atoms with Crippen molar-refractivity contribution in [3.63, 3.8) is 0 Å². The molecule has 0 aromatic rings. The van der Waals surface area contributed by atoms with Crippen LogP contribution in [0, 0.1) is 5.92 Å². The lowest BCUT2D eigenvalue weighted by Gasteiger charge is -2.29. The summed E-state index contributed by atoms with van der Waals surface area (Å²) in [5, 5.41) is 9.16. The fraction of sp³-hybridized carbons (Fsp3) is 0.917. The van der Waals surface area contributed by atoms with E-state index in [1.165, 1.54) is 0 Å². The van der Waals surface area contributed by atoms with Crippen molar-refractivity contribution in [2.24, 2.45) is 5.92 Å². The van der Waals surface area contributed by atoms with Gasteiger partial charge in [-0.15, -0.1) is 0 Å². The first-order chi connectivity index (χ1) is 8.20. The molecule has 0 saturated carbocycles. The van der Waals surface area contributed by atoms with Crippen molar-refractivity contribution >= 4 is 17.7 Å². The SMILES string of the molecule is CCCN(CCCSC)C1COCC1C(=O)O. The Labute approximate surface area is 108 Å². The summed E-state index contributed by atoms with van der Waals surface area (Å²) in [7, 11) is 0. The molecule has 5 heteroatoms. The van der Waals surface area contributed by atoms with Gasteiger partial charge in [-0.05, 0) is 37.9 Å². The van der Waals surface area contributed by atoms with Crippen LogP contribution in [0.3, 0.4) is 0 Å². The zero-order chi connectivity index (χ0) is 12.7. The highest BCUT2D eigenvalue weighted by molar-refractivity contribution is 7.98. The average Bonchev–Trinajstić information content (AvgIpc) is 2.77. The van der Waals surface area contributed by atoms with Gasteiger partial charge in [0.15, 0.2) is 0 Å². The van der Waals surface area contributed by atoms with E-state index in [-0.39, 0.29) is 12.0 Å². The van der Waals surface area contributed by atoms with Crippen LogP contribution in [0.25, 0.3) is 0 Å². The van der Waals surface area contributed by atoms with E-state index in [2.05, 4.69) is 18.1 Å². The van der Waals surface area contributed by atoms with E-state index < -0.39 is 5.97 Å². The number of rotatable bonds is 8. The van der Waals surface area contributed by atoms with E-state index in [1.54, 1.807) is 0 Å². The Morgan fingerprint density at radius 1 is 1.47 bits per heavy atom. The van der Waals surface area contributed by atoms with Crippen molar-refractivity contribution in [2.75, 3.05) is 38.3 Å². The molecular weight excluding hydrogens is 238 g/mol. The number of ether oxygens (including phenoxy) is 1. The number of hydrogen-bond donors (Lipinski definition) is 1. The molecule has 2 unspecified atom stereocenters. The van der Waals surface area contributed by atoms with Crippen molar-refractivity contribution in [1.29, 1.82) is 0 Å². The molecule has 4 nitrogen and oxygen atoms in total. The van der Waals surface area contributed by atoms with Gasteiger partial charge in [0.25, 0.3) is 0 Å². The third-order valence-electron chi connectivity index (χ3n) is 3.14. The molecule has 1 rings (SSSR count). The van der Waals surface area contributed by atoms with Crippen LogP contribution in [-0.4, -0.2) is 60.3 Å². The quantitative estimate of drug-likeness (QED) is 0.672. The van der Waals surface area contributed by atoms with Crippen LogP contribution in [0.2, 0.25) is 0 Å². The number of hydrogen-bond acceptors (Lipinski definition) is 4. The fourth-order valence-electron chi connectivity index (χ4n) is 2.28. The predicted octanol–water partition coefficient (Wildman–Crippen LogP) is 1.55. The fourth-order valence-corrected chi connectivity index (χ4v) is 2.70. The zero-order valence-electron chi connectivity index (χ0n) is 10.7. The molecule has 0 aromatic heterocycles. The normalized spacial score (nSPS) is 24.4. The lowest BCUT2D eigenvalue weighted by atomic mass is 10.0. The van der Waals surface area contributed by atoms with Gasteiger partial charge in [-0.3, -0.25) is 9.69 Å². The third kappa shape index (κ3) is 4.48. The van der Waals surface area contributed by atoms with E-state index in [9.17, 15) is 4.79 Å². The summed E-state index contributed by atoms with van der Waals surface area (Å²) < 4.78 is 5.34. The van der Waals surface area contributed by atoms with Crippen LogP contribution in [0.15, 0.2) is 0 Å². The number of thioether (sulfide) groups is 1. The summed E-state index contributed by atoms with van der Waals surface area (Å²) in [6.07, 6.45) is 4.27. The van der Waals surface area contributed by atoms with Gasteiger partial charge >= 0.3 is 5.97 Å².